The Kier molecular flexibility index (Phi) is 6.03. The molecule has 0 saturated carbocycles. The fraction of sp³-hybridized carbons (Fsp3) is 0.0769. The number of aromatic amines is 1. The molecule has 4 rings (SSSR count). The monoisotopic (exact) mass is 412 g/mol. The normalized spacial score (nSPS) is 12.3. The SMILES string of the molecule is O=C(O)/C=C/c1ccc(C(=C(CCF)c2ccccc2)c2ccc3[nH]ncc3c2)cc1. The minimum Gasteiger partial charge on any atom is -0.478 e. The van der Waals surface area contributed by atoms with Crippen LogP contribution in [0.3, 0.4) is 0 Å². The summed E-state index contributed by atoms with van der Waals surface area (Å²) in [4.78, 5) is 10.8. The molecule has 5 heteroatoms. The van der Waals surface area contributed by atoms with Gasteiger partial charge in [-0.15, -0.1) is 0 Å². The smallest absolute Gasteiger partial charge is 0.328 e. The lowest BCUT2D eigenvalue weighted by molar-refractivity contribution is -0.131. The first kappa shape index (κ1) is 20.3. The maximum absolute atomic E-state index is 13.7. The van der Waals surface area contributed by atoms with Gasteiger partial charge in [0.2, 0.25) is 0 Å². The molecule has 0 saturated heterocycles. The lowest BCUT2D eigenvalue weighted by Crippen LogP contribution is -1.97. The number of allylic oxidation sites excluding steroid dienone is 1. The highest BCUT2D eigenvalue weighted by Crippen LogP contribution is 2.35. The number of carboxylic acids is 1. The van der Waals surface area contributed by atoms with Gasteiger partial charge in [-0.2, -0.15) is 5.10 Å². The summed E-state index contributed by atoms with van der Waals surface area (Å²) in [6.45, 7) is -0.471. The topological polar surface area (TPSA) is 66.0 Å². The first-order chi connectivity index (χ1) is 15.2. The summed E-state index contributed by atoms with van der Waals surface area (Å²) in [5, 5.41) is 16.9. The minimum absolute atomic E-state index is 0.281. The average Bonchev–Trinajstić information content (AvgIpc) is 3.27. The van der Waals surface area contributed by atoms with Crippen LogP contribution in [0.5, 0.6) is 0 Å². The van der Waals surface area contributed by atoms with Crippen molar-refractivity contribution in [2.45, 2.75) is 6.42 Å². The number of halogens is 1. The van der Waals surface area contributed by atoms with Crippen molar-refractivity contribution in [2.24, 2.45) is 0 Å². The third kappa shape index (κ3) is 4.61. The van der Waals surface area contributed by atoms with E-state index in [4.69, 9.17) is 5.11 Å². The summed E-state index contributed by atoms with van der Waals surface area (Å²) in [5.74, 6) is -0.993. The maximum atomic E-state index is 13.7. The predicted molar refractivity (Wildman–Crippen MR) is 122 cm³/mol. The molecule has 0 spiro atoms. The van der Waals surface area contributed by atoms with Gasteiger partial charge in [-0.3, -0.25) is 9.49 Å². The van der Waals surface area contributed by atoms with Gasteiger partial charge < -0.3 is 5.11 Å². The standard InChI is InChI=1S/C26H21FN2O2/c27-15-14-23(19-4-2-1-3-5-19)26(21-11-12-24-22(16-21)17-28-29-24)20-9-6-18(7-10-20)8-13-25(30)31/h1-13,16-17H,14-15H2,(H,28,29)(H,30,31)/b13-8+,26-23?. The number of rotatable bonds is 7. The van der Waals surface area contributed by atoms with Crippen LogP contribution in [0.1, 0.15) is 28.7 Å². The van der Waals surface area contributed by atoms with Crippen LogP contribution in [0.2, 0.25) is 0 Å². The third-order valence-corrected chi connectivity index (χ3v) is 5.12. The number of carbonyl (C=O) groups is 1. The largest absolute Gasteiger partial charge is 0.478 e. The zero-order chi connectivity index (χ0) is 21.6. The third-order valence-electron chi connectivity index (χ3n) is 5.12. The van der Waals surface area contributed by atoms with Crippen LogP contribution in [-0.2, 0) is 4.79 Å². The number of aliphatic carboxylic acids is 1. The zero-order valence-corrected chi connectivity index (χ0v) is 16.8. The van der Waals surface area contributed by atoms with Crippen LogP contribution < -0.4 is 0 Å². The van der Waals surface area contributed by atoms with Crippen LogP contribution in [0, 0.1) is 0 Å². The second kappa shape index (κ2) is 9.22. The van der Waals surface area contributed by atoms with E-state index < -0.39 is 12.6 Å². The molecular formula is C26H21FN2O2. The molecule has 0 aliphatic carbocycles. The number of hydrogen-bond acceptors (Lipinski definition) is 2. The van der Waals surface area contributed by atoms with E-state index >= 15 is 0 Å². The number of nitrogens with zero attached hydrogens (tertiary/aromatic N) is 1. The summed E-state index contributed by atoms with van der Waals surface area (Å²) in [6, 6.07) is 23.5. The molecule has 2 N–H and O–H groups in total. The second-order valence-corrected chi connectivity index (χ2v) is 7.12. The molecule has 1 aromatic heterocycles. The fourth-order valence-electron chi connectivity index (χ4n) is 3.69. The molecule has 0 radical (unpaired) electrons. The first-order valence-corrected chi connectivity index (χ1v) is 9.95. The Labute approximate surface area is 179 Å². The molecule has 0 unspecified atom stereocenters. The van der Waals surface area contributed by atoms with E-state index in [1.54, 1.807) is 12.3 Å². The lowest BCUT2D eigenvalue weighted by atomic mass is 9.87. The van der Waals surface area contributed by atoms with Gasteiger partial charge in [-0.05, 0) is 51.6 Å². The van der Waals surface area contributed by atoms with Gasteiger partial charge in [-0.1, -0.05) is 60.7 Å². The predicted octanol–water partition coefficient (Wildman–Crippen LogP) is 5.98. The number of nitrogens with one attached hydrogen (secondary N) is 1. The van der Waals surface area contributed by atoms with Crippen molar-refractivity contribution < 1.29 is 14.3 Å². The van der Waals surface area contributed by atoms with Crippen molar-refractivity contribution in [3.8, 4) is 0 Å². The Morgan fingerprint density at radius 2 is 1.71 bits per heavy atom. The van der Waals surface area contributed by atoms with Gasteiger partial charge in [0.05, 0.1) is 18.4 Å². The van der Waals surface area contributed by atoms with Crippen LogP contribution in [0.15, 0.2) is 85.1 Å². The summed E-state index contributed by atoms with van der Waals surface area (Å²) < 4.78 is 13.7. The number of aromatic nitrogens is 2. The molecule has 0 aliphatic rings. The molecule has 0 aliphatic heterocycles. The number of H-pyrrole nitrogens is 1. The van der Waals surface area contributed by atoms with Gasteiger partial charge >= 0.3 is 5.97 Å². The molecule has 0 atom stereocenters. The van der Waals surface area contributed by atoms with E-state index in [1.807, 2.05) is 72.8 Å². The van der Waals surface area contributed by atoms with Crippen molar-refractivity contribution in [1.82, 2.24) is 10.2 Å². The number of fused-ring (bicyclic) bond motifs is 1. The summed E-state index contributed by atoms with van der Waals surface area (Å²) in [5.41, 5.74) is 6.45. The maximum Gasteiger partial charge on any atom is 0.328 e. The van der Waals surface area contributed by atoms with Gasteiger partial charge in [0, 0.05) is 17.9 Å². The first-order valence-electron chi connectivity index (χ1n) is 9.95. The van der Waals surface area contributed by atoms with Gasteiger partial charge in [0.15, 0.2) is 0 Å². The van der Waals surface area contributed by atoms with Crippen LogP contribution in [0.4, 0.5) is 4.39 Å². The van der Waals surface area contributed by atoms with Crippen molar-refractivity contribution in [1.29, 1.82) is 0 Å². The number of carboxylic acid groups (broad SMARTS) is 1. The summed E-state index contributed by atoms with van der Waals surface area (Å²) >= 11 is 0. The van der Waals surface area contributed by atoms with E-state index in [1.165, 1.54) is 0 Å². The fourth-order valence-corrected chi connectivity index (χ4v) is 3.69. The highest BCUT2D eigenvalue weighted by Gasteiger charge is 2.15. The van der Waals surface area contributed by atoms with Crippen LogP contribution in [0.25, 0.3) is 28.1 Å². The van der Waals surface area contributed by atoms with E-state index in [0.29, 0.717) is 0 Å². The molecule has 0 bridgehead atoms. The molecule has 0 fully saturated rings. The van der Waals surface area contributed by atoms with Gasteiger partial charge in [0.25, 0.3) is 0 Å². The van der Waals surface area contributed by atoms with Gasteiger partial charge in [0.1, 0.15) is 0 Å². The molecule has 1 heterocycles. The zero-order valence-electron chi connectivity index (χ0n) is 16.8. The van der Waals surface area contributed by atoms with Crippen LogP contribution in [-0.4, -0.2) is 27.9 Å². The van der Waals surface area contributed by atoms with Crippen molar-refractivity contribution in [3.05, 3.63) is 107 Å². The molecule has 4 aromatic rings. The van der Waals surface area contributed by atoms with E-state index in [0.717, 1.165) is 50.4 Å². The van der Waals surface area contributed by atoms with E-state index in [9.17, 15) is 9.18 Å². The number of benzene rings is 3. The molecule has 0 amide bonds. The highest BCUT2D eigenvalue weighted by molar-refractivity contribution is 6.00. The van der Waals surface area contributed by atoms with E-state index in [2.05, 4.69) is 10.2 Å². The van der Waals surface area contributed by atoms with Crippen molar-refractivity contribution >= 4 is 34.1 Å². The Morgan fingerprint density at radius 1 is 0.968 bits per heavy atom. The summed E-state index contributed by atoms with van der Waals surface area (Å²) in [6.07, 6.45) is 4.71. The Morgan fingerprint density at radius 3 is 2.42 bits per heavy atom. The van der Waals surface area contributed by atoms with Gasteiger partial charge in [-0.25, -0.2) is 4.79 Å². The Hall–Kier alpha value is -3.99. The number of hydrogen-bond donors (Lipinski definition) is 2. The van der Waals surface area contributed by atoms with Crippen molar-refractivity contribution in [3.63, 3.8) is 0 Å². The minimum atomic E-state index is -0.993. The quantitative estimate of drug-likeness (QED) is 0.290. The van der Waals surface area contributed by atoms with Crippen LogP contribution >= 0.6 is 0 Å². The Balaban J connectivity index is 1.91. The highest BCUT2D eigenvalue weighted by atomic mass is 19.1. The van der Waals surface area contributed by atoms with E-state index in [-0.39, 0.29) is 6.42 Å². The Bertz CT molecular complexity index is 1260. The number of alkyl halides is 1. The molecule has 31 heavy (non-hydrogen) atoms. The molecular weight excluding hydrogens is 391 g/mol. The van der Waals surface area contributed by atoms with Crippen molar-refractivity contribution in [2.75, 3.05) is 6.67 Å². The second-order valence-electron chi connectivity index (χ2n) is 7.12. The lowest BCUT2D eigenvalue weighted by Gasteiger charge is -2.17. The molecule has 154 valence electrons. The molecule has 4 nitrogen and oxygen atoms in total. The average molecular weight is 412 g/mol. The molecule has 3 aromatic carbocycles. The summed E-state index contributed by atoms with van der Waals surface area (Å²) in [7, 11) is 0.